The van der Waals surface area contributed by atoms with Gasteiger partial charge in [-0.15, -0.1) is 0 Å². The fraction of sp³-hybridized carbons (Fsp3) is 0.333. The van der Waals surface area contributed by atoms with E-state index in [9.17, 15) is 21.6 Å². The van der Waals surface area contributed by atoms with Crippen LogP contribution in [-0.2, 0) is 14.3 Å². The van der Waals surface area contributed by atoms with E-state index < -0.39 is 15.6 Å². The molecule has 0 unspecified atom stereocenters. The molecular formula is C12H12F3NO3S. The Hall–Kier alpha value is -1.54. The van der Waals surface area contributed by atoms with Gasteiger partial charge in [0.2, 0.25) is 0 Å². The zero-order chi connectivity index (χ0) is 14.8. The molecule has 0 bridgehead atoms. The topological polar surface area (TPSA) is 55.4 Å². The largest absolute Gasteiger partial charge is 0.534 e. The lowest BCUT2D eigenvalue weighted by Crippen LogP contribution is -2.27. The molecule has 1 aliphatic carbocycles. The van der Waals surface area contributed by atoms with Gasteiger partial charge in [0.15, 0.2) is 0 Å². The minimum absolute atomic E-state index is 0.0708. The van der Waals surface area contributed by atoms with Crippen LogP contribution in [0.2, 0.25) is 0 Å². The molecule has 20 heavy (non-hydrogen) atoms. The van der Waals surface area contributed by atoms with Crippen molar-refractivity contribution < 1.29 is 25.8 Å². The van der Waals surface area contributed by atoms with Crippen LogP contribution < -0.4 is 5.32 Å². The van der Waals surface area contributed by atoms with Gasteiger partial charge in [-0.05, 0) is 18.1 Å². The summed E-state index contributed by atoms with van der Waals surface area (Å²) in [4.78, 5) is 0. The van der Waals surface area contributed by atoms with Crippen LogP contribution in [0.5, 0.6) is 0 Å². The molecule has 1 N–H and O–H groups in total. The van der Waals surface area contributed by atoms with Gasteiger partial charge in [0.25, 0.3) is 0 Å². The predicted molar refractivity (Wildman–Crippen MR) is 66.9 cm³/mol. The van der Waals surface area contributed by atoms with Gasteiger partial charge >= 0.3 is 15.6 Å². The number of alkyl halides is 3. The summed E-state index contributed by atoms with van der Waals surface area (Å²) in [7, 11) is -5.60. The van der Waals surface area contributed by atoms with Gasteiger partial charge in [-0.3, -0.25) is 5.32 Å². The third kappa shape index (κ3) is 3.31. The summed E-state index contributed by atoms with van der Waals surface area (Å²) in [6, 6.07) is -0.357. The first-order valence-corrected chi connectivity index (χ1v) is 7.18. The van der Waals surface area contributed by atoms with Crippen molar-refractivity contribution in [2.75, 3.05) is 6.54 Å². The molecule has 0 amide bonds. The Morgan fingerprint density at radius 1 is 1.30 bits per heavy atom. The van der Waals surface area contributed by atoms with Crippen LogP contribution in [0.25, 0.3) is 0 Å². The maximum absolute atomic E-state index is 12.2. The molecule has 0 saturated carbocycles. The molecule has 4 nitrogen and oxygen atoms in total. The first kappa shape index (κ1) is 14.9. The molecule has 2 rings (SSSR count). The Balaban J connectivity index is 2.10. The highest BCUT2D eigenvalue weighted by Crippen LogP contribution is 2.28. The second-order valence-corrected chi connectivity index (χ2v) is 5.74. The van der Waals surface area contributed by atoms with Crippen LogP contribution in [0.15, 0.2) is 47.8 Å². The van der Waals surface area contributed by atoms with Gasteiger partial charge in [-0.1, -0.05) is 30.4 Å². The second kappa shape index (κ2) is 5.45. The van der Waals surface area contributed by atoms with Crippen molar-refractivity contribution in [3.63, 3.8) is 0 Å². The molecule has 8 heteroatoms. The highest BCUT2D eigenvalue weighted by Gasteiger charge is 2.49. The van der Waals surface area contributed by atoms with Crippen LogP contribution in [0.1, 0.15) is 6.42 Å². The van der Waals surface area contributed by atoms with Crippen molar-refractivity contribution in [2.45, 2.75) is 18.0 Å². The predicted octanol–water partition coefficient (Wildman–Crippen LogP) is 2.15. The Morgan fingerprint density at radius 3 is 2.75 bits per heavy atom. The highest BCUT2D eigenvalue weighted by atomic mass is 32.2. The van der Waals surface area contributed by atoms with Crippen molar-refractivity contribution in [2.24, 2.45) is 0 Å². The van der Waals surface area contributed by atoms with Crippen LogP contribution in [0.4, 0.5) is 13.2 Å². The first-order chi connectivity index (χ1) is 9.29. The molecule has 0 saturated heterocycles. The second-order valence-electron chi connectivity index (χ2n) is 4.20. The third-order valence-electron chi connectivity index (χ3n) is 2.73. The van der Waals surface area contributed by atoms with Gasteiger partial charge in [-0.2, -0.15) is 21.6 Å². The molecule has 1 atom stereocenters. The van der Waals surface area contributed by atoms with E-state index in [0.29, 0.717) is 6.42 Å². The van der Waals surface area contributed by atoms with E-state index >= 15 is 0 Å². The first-order valence-electron chi connectivity index (χ1n) is 5.78. The standard InChI is InChI=1S/C12H12F3NO3S/c13-12(14,15)20(17,18)19-10-7-11(16-8-10)9-5-3-1-2-4-6-9/h1-3,5-7,11,16H,4,8H2/t11-/m0/s1. The molecular weight excluding hydrogens is 295 g/mol. The average Bonchev–Trinajstić information content (AvgIpc) is 2.62. The van der Waals surface area contributed by atoms with Crippen molar-refractivity contribution in [3.05, 3.63) is 47.8 Å². The number of rotatable bonds is 3. The molecule has 1 heterocycles. The van der Waals surface area contributed by atoms with Crippen molar-refractivity contribution in [1.82, 2.24) is 5.32 Å². The van der Waals surface area contributed by atoms with Crippen LogP contribution in [0.3, 0.4) is 0 Å². The van der Waals surface area contributed by atoms with Gasteiger partial charge in [0, 0.05) is 0 Å². The zero-order valence-electron chi connectivity index (χ0n) is 10.2. The maximum Gasteiger partial charge on any atom is 0.534 e. The fourth-order valence-electron chi connectivity index (χ4n) is 1.80. The van der Waals surface area contributed by atoms with E-state index in [4.69, 9.17) is 0 Å². The normalized spacial score (nSPS) is 23.2. The summed E-state index contributed by atoms with van der Waals surface area (Å²) in [5.74, 6) is -0.251. The number of halogens is 3. The van der Waals surface area contributed by atoms with E-state index in [0.717, 1.165) is 5.57 Å². The Kier molecular flexibility index (Phi) is 4.05. The van der Waals surface area contributed by atoms with E-state index in [1.165, 1.54) is 6.08 Å². The summed E-state index contributed by atoms with van der Waals surface area (Å²) < 4.78 is 62.5. The van der Waals surface area contributed by atoms with Crippen LogP contribution in [-0.4, -0.2) is 26.5 Å². The summed E-state index contributed by atoms with van der Waals surface area (Å²) in [5.41, 5.74) is -4.57. The lowest BCUT2D eigenvalue weighted by molar-refractivity contribution is -0.0522. The van der Waals surface area contributed by atoms with Crippen molar-refractivity contribution >= 4 is 10.1 Å². The SMILES string of the molecule is O=S(=O)(OC1=C[C@@H](C2=CCC=CC=C2)NC1)C(F)(F)F. The van der Waals surface area contributed by atoms with E-state index in [2.05, 4.69) is 9.50 Å². The molecule has 1 aliphatic heterocycles. The Bertz CT molecular complexity index is 600. The summed E-state index contributed by atoms with van der Waals surface area (Å²) in [6.07, 6.45) is 11.3. The molecule has 0 radical (unpaired) electrons. The molecule has 0 aromatic rings. The Labute approximate surface area is 114 Å². The van der Waals surface area contributed by atoms with Crippen LogP contribution in [0, 0.1) is 0 Å². The molecule has 2 aliphatic rings. The van der Waals surface area contributed by atoms with Crippen molar-refractivity contribution in [3.8, 4) is 0 Å². The highest BCUT2D eigenvalue weighted by molar-refractivity contribution is 7.87. The molecule has 0 fully saturated rings. The quantitative estimate of drug-likeness (QED) is 0.641. The molecule has 0 aromatic carbocycles. The van der Waals surface area contributed by atoms with Gasteiger partial charge in [0.1, 0.15) is 5.76 Å². The Morgan fingerprint density at radius 2 is 2.05 bits per heavy atom. The minimum Gasteiger partial charge on any atom is -0.379 e. The lowest BCUT2D eigenvalue weighted by Gasteiger charge is -2.09. The lowest BCUT2D eigenvalue weighted by atomic mass is 10.1. The summed E-state index contributed by atoms with van der Waals surface area (Å²) >= 11 is 0. The monoisotopic (exact) mass is 307 g/mol. The molecule has 0 aromatic heterocycles. The van der Waals surface area contributed by atoms with E-state index in [1.807, 2.05) is 18.2 Å². The van der Waals surface area contributed by atoms with E-state index in [-0.39, 0.29) is 18.3 Å². The van der Waals surface area contributed by atoms with Crippen molar-refractivity contribution in [1.29, 1.82) is 0 Å². The van der Waals surface area contributed by atoms with Gasteiger partial charge in [-0.25, -0.2) is 0 Å². The fourth-order valence-corrected chi connectivity index (χ4v) is 2.29. The number of hydrogen-bond acceptors (Lipinski definition) is 4. The van der Waals surface area contributed by atoms with Crippen LogP contribution >= 0.6 is 0 Å². The summed E-state index contributed by atoms with van der Waals surface area (Å²) in [5, 5.41) is 2.88. The number of allylic oxidation sites excluding steroid dienone is 4. The zero-order valence-corrected chi connectivity index (χ0v) is 11.0. The number of nitrogens with one attached hydrogen (secondary N) is 1. The maximum atomic E-state index is 12.2. The van der Waals surface area contributed by atoms with Gasteiger partial charge < -0.3 is 4.18 Å². The smallest absolute Gasteiger partial charge is 0.379 e. The minimum atomic E-state index is -5.60. The van der Waals surface area contributed by atoms with E-state index in [1.54, 1.807) is 12.2 Å². The number of hydrogen-bond donors (Lipinski definition) is 1. The molecule has 0 spiro atoms. The molecule has 110 valence electrons. The summed E-state index contributed by atoms with van der Waals surface area (Å²) in [6.45, 7) is -0.0708. The van der Waals surface area contributed by atoms with Gasteiger partial charge in [0.05, 0.1) is 12.6 Å². The average molecular weight is 307 g/mol. The third-order valence-corrected chi connectivity index (χ3v) is 3.73.